The normalized spacial score (nSPS) is 13.0. The lowest BCUT2D eigenvalue weighted by atomic mass is 9.80. The van der Waals surface area contributed by atoms with E-state index in [9.17, 15) is 0 Å². The number of fused-ring (bicyclic) bond motifs is 6. The lowest BCUT2D eigenvalue weighted by molar-refractivity contribution is 0.658. The van der Waals surface area contributed by atoms with Crippen molar-refractivity contribution < 1.29 is 0 Å². The molecule has 6 aromatic carbocycles. The van der Waals surface area contributed by atoms with Crippen LogP contribution in [0.1, 0.15) is 25.0 Å². The van der Waals surface area contributed by atoms with E-state index in [0.29, 0.717) is 5.82 Å². The Morgan fingerprint density at radius 3 is 1.58 bits per heavy atom. The maximum atomic E-state index is 5.48. The topological polar surface area (TPSA) is 43.6 Å². The Morgan fingerprint density at radius 1 is 0.442 bits per heavy atom. The number of benzene rings is 6. The monoisotopic (exact) mass is 666 g/mol. The highest BCUT2D eigenvalue weighted by molar-refractivity contribution is 6.09. The van der Waals surface area contributed by atoms with Gasteiger partial charge in [0, 0.05) is 55.3 Å². The third kappa shape index (κ3) is 4.72. The van der Waals surface area contributed by atoms with Gasteiger partial charge in [-0.05, 0) is 54.1 Å². The van der Waals surface area contributed by atoms with Crippen LogP contribution in [0.3, 0.4) is 0 Å². The van der Waals surface area contributed by atoms with Gasteiger partial charge in [0.05, 0.1) is 33.8 Å². The zero-order valence-corrected chi connectivity index (χ0v) is 29.0. The molecule has 0 amide bonds. The molecule has 1 aliphatic rings. The van der Waals surface area contributed by atoms with Crippen molar-refractivity contribution in [3.63, 3.8) is 0 Å². The average Bonchev–Trinajstić information content (AvgIpc) is 3.67. The van der Waals surface area contributed by atoms with Gasteiger partial charge in [0.1, 0.15) is 0 Å². The fourth-order valence-electron chi connectivity index (χ4n) is 8.10. The van der Waals surface area contributed by atoms with E-state index in [0.717, 1.165) is 61.8 Å². The highest BCUT2D eigenvalue weighted by Crippen LogP contribution is 2.51. The standard InChI is InChI=1S/C48H34N4/c1-48(2)39-22-12-9-21-38(39)46-44(48)45(34-29-40(31-15-5-3-6-16-31)49-41(30-34)32-17-7-4-8-18-32)50-47(51-46)33-25-27-35(28-26-33)52-42-23-13-10-19-36(42)37-20-11-14-24-43(37)52/h3-30H,1-2H3. The molecule has 0 unspecified atom stereocenters. The molecule has 3 aromatic heterocycles. The van der Waals surface area contributed by atoms with Crippen molar-refractivity contribution in [2.75, 3.05) is 0 Å². The Bertz CT molecular complexity index is 2690. The summed E-state index contributed by atoms with van der Waals surface area (Å²) in [6.07, 6.45) is 0. The Kier molecular flexibility index (Phi) is 6.80. The van der Waals surface area contributed by atoms with Crippen LogP contribution in [0.5, 0.6) is 0 Å². The van der Waals surface area contributed by atoms with Crippen molar-refractivity contribution in [2.45, 2.75) is 19.3 Å². The molecular weight excluding hydrogens is 633 g/mol. The minimum absolute atomic E-state index is 0.302. The SMILES string of the molecule is CC1(C)c2ccccc2-c2nc(-c3ccc(-n4c5ccccc5c5ccccc54)cc3)nc(-c3cc(-c4ccccc4)nc(-c4ccccc4)c3)c21. The van der Waals surface area contributed by atoms with Crippen molar-refractivity contribution in [2.24, 2.45) is 0 Å². The highest BCUT2D eigenvalue weighted by Gasteiger charge is 2.40. The number of hydrogen-bond donors (Lipinski definition) is 0. The summed E-state index contributed by atoms with van der Waals surface area (Å²) in [7, 11) is 0. The summed E-state index contributed by atoms with van der Waals surface area (Å²) in [6, 6.07) is 59.8. The van der Waals surface area contributed by atoms with Crippen LogP contribution in [0, 0.1) is 0 Å². The molecule has 0 aliphatic heterocycles. The van der Waals surface area contributed by atoms with Crippen LogP contribution < -0.4 is 0 Å². The number of rotatable bonds is 5. The maximum absolute atomic E-state index is 5.48. The van der Waals surface area contributed by atoms with Gasteiger partial charge in [-0.3, -0.25) is 0 Å². The van der Waals surface area contributed by atoms with E-state index in [1.54, 1.807) is 0 Å². The second kappa shape index (κ2) is 11.7. The Labute approximate surface area is 302 Å². The predicted octanol–water partition coefficient (Wildman–Crippen LogP) is 11.9. The van der Waals surface area contributed by atoms with E-state index in [4.69, 9.17) is 15.0 Å². The summed E-state index contributed by atoms with van der Waals surface area (Å²) in [5.74, 6) is 0.703. The molecule has 0 atom stereocenters. The van der Waals surface area contributed by atoms with E-state index in [-0.39, 0.29) is 5.41 Å². The first kappa shape index (κ1) is 30.2. The zero-order valence-electron chi connectivity index (χ0n) is 29.0. The molecule has 10 rings (SSSR count). The molecule has 0 spiro atoms. The molecule has 4 heteroatoms. The van der Waals surface area contributed by atoms with Gasteiger partial charge >= 0.3 is 0 Å². The molecule has 0 bridgehead atoms. The van der Waals surface area contributed by atoms with Gasteiger partial charge in [-0.1, -0.05) is 135 Å². The van der Waals surface area contributed by atoms with Gasteiger partial charge < -0.3 is 4.57 Å². The van der Waals surface area contributed by atoms with Crippen LogP contribution in [0.2, 0.25) is 0 Å². The van der Waals surface area contributed by atoms with Crippen LogP contribution >= 0.6 is 0 Å². The molecule has 0 radical (unpaired) electrons. The number of nitrogens with zero attached hydrogens (tertiary/aromatic N) is 4. The number of pyridine rings is 1. The minimum atomic E-state index is -0.302. The maximum Gasteiger partial charge on any atom is 0.160 e. The third-order valence-corrected chi connectivity index (χ3v) is 10.6. The van der Waals surface area contributed by atoms with Crippen molar-refractivity contribution in [1.82, 2.24) is 19.5 Å². The molecule has 0 saturated carbocycles. The summed E-state index contributed by atoms with van der Waals surface area (Å²) in [6.45, 7) is 4.59. The first-order valence-corrected chi connectivity index (χ1v) is 17.8. The predicted molar refractivity (Wildman–Crippen MR) is 213 cm³/mol. The molecule has 4 nitrogen and oxygen atoms in total. The van der Waals surface area contributed by atoms with Crippen molar-refractivity contribution in [3.8, 4) is 62.1 Å². The Morgan fingerprint density at radius 2 is 0.962 bits per heavy atom. The van der Waals surface area contributed by atoms with Gasteiger partial charge in [-0.25, -0.2) is 15.0 Å². The summed E-state index contributed by atoms with van der Waals surface area (Å²) >= 11 is 0. The first-order valence-electron chi connectivity index (χ1n) is 17.8. The highest BCUT2D eigenvalue weighted by atomic mass is 15.0. The van der Waals surface area contributed by atoms with E-state index in [1.165, 1.54) is 27.4 Å². The second-order valence-corrected chi connectivity index (χ2v) is 14.1. The number of aromatic nitrogens is 4. The van der Waals surface area contributed by atoms with Crippen LogP contribution in [-0.2, 0) is 5.41 Å². The summed E-state index contributed by atoms with van der Waals surface area (Å²) < 4.78 is 2.34. The fraction of sp³-hybridized carbons (Fsp3) is 0.0625. The van der Waals surface area contributed by atoms with Crippen LogP contribution in [0.4, 0.5) is 0 Å². The van der Waals surface area contributed by atoms with Crippen LogP contribution in [0.25, 0.3) is 83.9 Å². The molecule has 0 N–H and O–H groups in total. The van der Waals surface area contributed by atoms with E-state index < -0.39 is 0 Å². The minimum Gasteiger partial charge on any atom is -0.309 e. The smallest absolute Gasteiger partial charge is 0.160 e. The van der Waals surface area contributed by atoms with E-state index in [1.807, 2.05) is 12.1 Å². The van der Waals surface area contributed by atoms with Crippen molar-refractivity contribution in [1.29, 1.82) is 0 Å². The quantitative estimate of drug-likeness (QED) is 0.184. The second-order valence-electron chi connectivity index (χ2n) is 14.1. The average molecular weight is 667 g/mol. The van der Waals surface area contributed by atoms with Crippen LogP contribution in [0.15, 0.2) is 170 Å². The van der Waals surface area contributed by atoms with Crippen molar-refractivity contribution >= 4 is 21.8 Å². The summed E-state index contributed by atoms with van der Waals surface area (Å²) in [5.41, 5.74) is 14.6. The Hall–Kier alpha value is -6.65. The first-order chi connectivity index (χ1) is 25.5. The zero-order chi connectivity index (χ0) is 34.8. The molecule has 3 heterocycles. The van der Waals surface area contributed by atoms with Crippen molar-refractivity contribution in [3.05, 3.63) is 181 Å². The van der Waals surface area contributed by atoms with Gasteiger partial charge in [-0.15, -0.1) is 0 Å². The molecule has 246 valence electrons. The van der Waals surface area contributed by atoms with Gasteiger partial charge in [-0.2, -0.15) is 0 Å². The largest absolute Gasteiger partial charge is 0.309 e. The van der Waals surface area contributed by atoms with Crippen LogP contribution in [-0.4, -0.2) is 19.5 Å². The lowest BCUT2D eigenvalue weighted by Crippen LogP contribution is -2.17. The molecular formula is C48H34N4. The van der Waals surface area contributed by atoms with Gasteiger partial charge in [0.2, 0.25) is 0 Å². The number of para-hydroxylation sites is 2. The Balaban J connectivity index is 1.19. The molecule has 1 aliphatic carbocycles. The van der Waals surface area contributed by atoms with Gasteiger partial charge in [0.15, 0.2) is 5.82 Å². The van der Waals surface area contributed by atoms with Gasteiger partial charge in [0.25, 0.3) is 0 Å². The molecule has 9 aromatic rings. The molecule has 52 heavy (non-hydrogen) atoms. The summed E-state index contributed by atoms with van der Waals surface area (Å²) in [4.78, 5) is 16.0. The molecule has 0 fully saturated rings. The van der Waals surface area contributed by atoms with E-state index in [2.05, 4.69) is 176 Å². The molecule has 0 saturated heterocycles. The summed E-state index contributed by atoms with van der Waals surface area (Å²) in [5, 5.41) is 2.49. The fourth-order valence-corrected chi connectivity index (χ4v) is 8.10. The third-order valence-electron chi connectivity index (χ3n) is 10.6. The van der Waals surface area contributed by atoms with E-state index >= 15 is 0 Å². The number of hydrogen-bond acceptors (Lipinski definition) is 3. The lowest BCUT2D eigenvalue weighted by Gasteiger charge is -2.24.